The molecule has 0 atom stereocenters. The number of rotatable bonds is 6. The molecule has 0 saturated carbocycles. The maximum absolute atomic E-state index is 11.7. The zero-order valence-electron chi connectivity index (χ0n) is 11.0. The summed E-state index contributed by atoms with van der Waals surface area (Å²) in [5.41, 5.74) is 7.26. The first-order chi connectivity index (χ1) is 9.10. The number of hydrogen-bond acceptors (Lipinski definition) is 6. The molecule has 19 heavy (non-hydrogen) atoms. The van der Waals surface area contributed by atoms with Crippen LogP contribution in [0.5, 0.6) is 0 Å². The summed E-state index contributed by atoms with van der Waals surface area (Å²) < 4.78 is 9.53. The number of nitrogens with two attached hydrogens (primary N) is 1. The average Bonchev–Trinajstić information content (AvgIpc) is 2.38. The van der Waals surface area contributed by atoms with E-state index in [0.29, 0.717) is 23.6 Å². The molecule has 1 aromatic carbocycles. The maximum Gasteiger partial charge on any atom is 0.340 e. The Morgan fingerprint density at radius 2 is 2.11 bits per heavy atom. The third kappa shape index (κ3) is 4.48. The number of benzene rings is 1. The molecule has 0 aliphatic carbocycles. The lowest BCUT2D eigenvalue weighted by Crippen LogP contribution is -2.10. The van der Waals surface area contributed by atoms with Gasteiger partial charge in [0.05, 0.1) is 25.0 Å². The number of anilines is 1. The van der Waals surface area contributed by atoms with Crippen molar-refractivity contribution in [1.29, 1.82) is 0 Å². The molecule has 0 unspecified atom stereocenters. The summed E-state index contributed by atoms with van der Waals surface area (Å²) in [5.74, 6) is -0.00165. The predicted octanol–water partition coefficient (Wildman–Crippen LogP) is 1.85. The van der Waals surface area contributed by atoms with E-state index >= 15 is 0 Å². The van der Waals surface area contributed by atoms with Crippen molar-refractivity contribution in [3.63, 3.8) is 0 Å². The topological polar surface area (TPSA) is 78.6 Å². The van der Waals surface area contributed by atoms with Gasteiger partial charge < -0.3 is 15.2 Å². The van der Waals surface area contributed by atoms with Gasteiger partial charge in [0, 0.05) is 11.4 Å². The highest BCUT2D eigenvalue weighted by atomic mass is 32.2. The van der Waals surface area contributed by atoms with E-state index in [4.69, 9.17) is 15.2 Å². The number of carbonyl (C=O) groups excluding carboxylic acids is 2. The van der Waals surface area contributed by atoms with Crippen LogP contribution in [-0.2, 0) is 20.0 Å². The van der Waals surface area contributed by atoms with Gasteiger partial charge in [-0.25, -0.2) is 4.79 Å². The second-order valence-electron chi connectivity index (χ2n) is 3.67. The van der Waals surface area contributed by atoms with Crippen LogP contribution in [0.25, 0.3) is 0 Å². The van der Waals surface area contributed by atoms with Crippen LogP contribution in [-0.4, -0.2) is 31.4 Å². The smallest absolute Gasteiger partial charge is 0.340 e. The van der Waals surface area contributed by atoms with Gasteiger partial charge >= 0.3 is 11.9 Å². The summed E-state index contributed by atoms with van der Waals surface area (Å²) in [6.07, 6.45) is 0. The zero-order chi connectivity index (χ0) is 14.3. The molecule has 0 aliphatic rings. The Kier molecular flexibility index (Phi) is 6.21. The molecule has 0 bridgehead atoms. The van der Waals surface area contributed by atoms with E-state index in [0.717, 1.165) is 5.56 Å². The van der Waals surface area contributed by atoms with E-state index in [9.17, 15) is 9.59 Å². The summed E-state index contributed by atoms with van der Waals surface area (Å²) in [6, 6.07) is 5.20. The van der Waals surface area contributed by atoms with Gasteiger partial charge in [-0.1, -0.05) is 12.1 Å². The molecule has 1 aromatic rings. The van der Waals surface area contributed by atoms with Gasteiger partial charge in [-0.3, -0.25) is 4.79 Å². The van der Waals surface area contributed by atoms with Gasteiger partial charge in [-0.15, -0.1) is 11.8 Å². The van der Waals surface area contributed by atoms with E-state index in [-0.39, 0.29) is 11.7 Å². The van der Waals surface area contributed by atoms with Gasteiger partial charge in [-0.2, -0.15) is 0 Å². The highest BCUT2D eigenvalue weighted by Gasteiger charge is 2.15. The van der Waals surface area contributed by atoms with Crippen LogP contribution in [0, 0.1) is 0 Å². The maximum atomic E-state index is 11.7. The number of esters is 2. The summed E-state index contributed by atoms with van der Waals surface area (Å²) in [7, 11) is 1.31. The average molecular weight is 283 g/mol. The Morgan fingerprint density at radius 3 is 2.74 bits per heavy atom. The highest BCUT2D eigenvalue weighted by molar-refractivity contribution is 7.99. The molecule has 104 valence electrons. The Hall–Kier alpha value is -1.69. The molecule has 0 heterocycles. The van der Waals surface area contributed by atoms with Crippen molar-refractivity contribution >= 4 is 29.4 Å². The first kappa shape index (κ1) is 15.4. The molecular weight excluding hydrogens is 266 g/mol. The van der Waals surface area contributed by atoms with Crippen molar-refractivity contribution in [3.05, 3.63) is 29.3 Å². The molecule has 2 N–H and O–H groups in total. The van der Waals surface area contributed by atoms with Crippen molar-refractivity contribution in [2.45, 2.75) is 12.7 Å². The van der Waals surface area contributed by atoms with E-state index in [2.05, 4.69) is 0 Å². The lowest BCUT2D eigenvalue weighted by Gasteiger charge is -2.10. The molecule has 6 heteroatoms. The Balaban J connectivity index is 2.70. The number of thioether (sulfide) groups is 1. The van der Waals surface area contributed by atoms with E-state index in [1.165, 1.54) is 18.9 Å². The molecule has 0 saturated heterocycles. The summed E-state index contributed by atoms with van der Waals surface area (Å²) in [6.45, 7) is 2.13. The number of nitrogen functional groups attached to an aromatic ring is 1. The minimum absolute atomic E-state index is 0.239. The van der Waals surface area contributed by atoms with Crippen LogP contribution in [0.4, 0.5) is 5.69 Å². The van der Waals surface area contributed by atoms with Gasteiger partial charge in [0.15, 0.2) is 0 Å². The van der Waals surface area contributed by atoms with Gasteiger partial charge in [0.2, 0.25) is 0 Å². The second-order valence-corrected chi connectivity index (χ2v) is 4.66. The SMILES string of the molecule is CCOC(=O)CSCc1cccc(N)c1C(=O)OC. The quantitative estimate of drug-likeness (QED) is 0.634. The van der Waals surface area contributed by atoms with Crippen molar-refractivity contribution in [2.75, 3.05) is 25.2 Å². The Labute approximate surface area is 116 Å². The predicted molar refractivity (Wildman–Crippen MR) is 75.0 cm³/mol. The van der Waals surface area contributed by atoms with Crippen molar-refractivity contribution in [1.82, 2.24) is 0 Å². The van der Waals surface area contributed by atoms with Crippen LogP contribution in [0.1, 0.15) is 22.8 Å². The molecule has 0 spiro atoms. The first-order valence-electron chi connectivity index (χ1n) is 5.79. The van der Waals surface area contributed by atoms with E-state index in [1.807, 2.05) is 0 Å². The molecule has 5 nitrogen and oxygen atoms in total. The molecular formula is C13H17NO4S. The molecule has 0 fully saturated rings. The molecule has 0 radical (unpaired) electrons. The van der Waals surface area contributed by atoms with Crippen LogP contribution in [0.2, 0.25) is 0 Å². The fraction of sp³-hybridized carbons (Fsp3) is 0.385. The van der Waals surface area contributed by atoms with Gasteiger partial charge in [0.25, 0.3) is 0 Å². The Morgan fingerprint density at radius 1 is 1.37 bits per heavy atom. The highest BCUT2D eigenvalue weighted by Crippen LogP contribution is 2.22. The molecule has 0 aliphatic heterocycles. The van der Waals surface area contributed by atoms with Crippen LogP contribution in [0.15, 0.2) is 18.2 Å². The number of ether oxygens (including phenoxy) is 2. The number of hydrogen-bond donors (Lipinski definition) is 1. The summed E-state index contributed by atoms with van der Waals surface area (Å²) in [4.78, 5) is 22.9. The fourth-order valence-corrected chi connectivity index (χ4v) is 2.35. The largest absolute Gasteiger partial charge is 0.465 e. The molecule has 0 amide bonds. The third-order valence-electron chi connectivity index (χ3n) is 2.36. The van der Waals surface area contributed by atoms with Crippen molar-refractivity contribution in [3.8, 4) is 0 Å². The second kappa shape index (κ2) is 7.68. The van der Waals surface area contributed by atoms with Crippen LogP contribution in [0.3, 0.4) is 0 Å². The normalized spacial score (nSPS) is 10.0. The lowest BCUT2D eigenvalue weighted by atomic mass is 10.1. The summed E-state index contributed by atoms with van der Waals surface area (Å²) >= 11 is 1.37. The summed E-state index contributed by atoms with van der Waals surface area (Å²) in [5, 5.41) is 0. The minimum Gasteiger partial charge on any atom is -0.465 e. The minimum atomic E-state index is -0.468. The van der Waals surface area contributed by atoms with Crippen molar-refractivity contribution < 1.29 is 19.1 Å². The van der Waals surface area contributed by atoms with Crippen LogP contribution >= 0.6 is 11.8 Å². The third-order valence-corrected chi connectivity index (χ3v) is 3.31. The number of carbonyl (C=O) groups is 2. The molecule has 1 rings (SSSR count). The van der Waals surface area contributed by atoms with E-state index < -0.39 is 5.97 Å². The Bertz CT molecular complexity index is 462. The molecule has 0 aromatic heterocycles. The van der Waals surface area contributed by atoms with Gasteiger partial charge in [-0.05, 0) is 18.6 Å². The standard InChI is InChI=1S/C13H17NO4S/c1-3-18-11(15)8-19-7-9-5-4-6-10(14)12(9)13(16)17-2/h4-6H,3,7-8,14H2,1-2H3. The van der Waals surface area contributed by atoms with Gasteiger partial charge in [0.1, 0.15) is 0 Å². The van der Waals surface area contributed by atoms with Crippen molar-refractivity contribution in [2.24, 2.45) is 0 Å². The fourth-order valence-electron chi connectivity index (χ4n) is 1.54. The van der Waals surface area contributed by atoms with E-state index in [1.54, 1.807) is 25.1 Å². The first-order valence-corrected chi connectivity index (χ1v) is 6.94. The number of methoxy groups -OCH3 is 1. The zero-order valence-corrected chi connectivity index (χ0v) is 11.8. The lowest BCUT2D eigenvalue weighted by molar-refractivity contribution is -0.139. The monoisotopic (exact) mass is 283 g/mol. The van der Waals surface area contributed by atoms with Crippen LogP contribution < -0.4 is 5.73 Å².